The fourth-order valence-corrected chi connectivity index (χ4v) is 20.7. The summed E-state index contributed by atoms with van der Waals surface area (Å²) in [5, 5.41) is 68.3. The maximum absolute atomic E-state index is 14.1. The number of unbranched alkanes of at least 4 members (excludes halogenated alkanes) is 2. The van der Waals surface area contributed by atoms with Gasteiger partial charge in [-0.1, -0.05) is 138 Å². The van der Waals surface area contributed by atoms with Crippen LogP contribution in [0.3, 0.4) is 0 Å². The van der Waals surface area contributed by atoms with Crippen LogP contribution in [0, 0.1) is 10.8 Å². The van der Waals surface area contributed by atoms with Crippen molar-refractivity contribution in [2.24, 2.45) is 10.8 Å². The minimum Gasteiger partial charge on any atom is -0.726 e. The molecule has 0 unspecified atom stereocenters. The highest BCUT2D eigenvalue weighted by atomic mass is 32.3. The van der Waals surface area contributed by atoms with Crippen molar-refractivity contribution in [1.29, 1.82) is 0 Å². The number of amides is 4. The van der Waals surface area contributed by atoms with Crippen LogP contribution in [0.25, 0.3) is 0 Å². The molecule has 0 aliphatic carbocycles. The first-order chi connectivity index (χ1) is 53.6. The van der Waals surface area contributed by atoms with Gasteiger partial charge in [-0.05, 0) is 120 Å². The molecule has 652 valence electrons. The van der Waals surface area contributed by atoms with Gasteiger partial charge in [0.15, 0.2) is 32.1 Å². The summed E-state index contributed by atoms with van der Waals surface area (Å²) in [5.74, 6) is -2.13. The summed E-state index contributed by atoms with van der Waals surface area (Å²) in [7, 11) is -16.5. The molecule has 16 atom stereocenters. The van der Waals surface area contributed by atoms with Crippen LogP contribution < -0.4 is 49.5 Å². The predicted molar refractivity (Wildman–Crippen MR) is 429 cm³/mol. The average Bonchev–Trinajstić information content (AvgIpc) is 1.59. The van der Waals surface area contributed by atoms with E-state index in [4.69, 9.17) is 18.9 Å². The Morgan fingerprint density at radius 1 is 0.496 bits per heavy atom. The molecule has 2 fully saturated rings. The van der Waals surface area contributed by atoms with Crippen molar-refractivity contribution in [3.8, 4) is 0 Å². The number of aliphatic hydroxyl groups is 5. The largest absolute Gasteiger partial charge is 0.726 e. The maximum Gasteiger partial charge on any atom is 0.321 e. The molecule has 0 radical (unpaired) electrons. The van der Waals surface area contributed by atoms with E-state index in [9.17, 15) is 90.9 Å². The molecule has 117 heavy (non-hydrogen) atoms. The molecule has 6 aromatic rings. The first-order valence-electron chi connectivity index (χ1n) is 36.9. The van der Waals surface area contributed by atoms with Gasteiger partial charge in [0.2, 0.25) is 31.2 Å². The first-order valence-corrected chi connectivity index (χ1v) is 44.3. The standard InChI is InChI=1S/C38H51N3O15S3.C38H51N3O12S2.3H3N/c1-5-7-18-38(6-2)23-57(45,46)30-17-16-27(41(3)4)20-28(30)31(35(38)43)25-14-11-15-26(19-25)39-37(44)40-36-32(42)34(53-21-24-12-9-8-10-13-24)33(56-59(50,51)52)29(55-36)22-54-58(47,48)49;1-5-7-18-38(6-2)23-54(46,47)30-17-16-27(41(3)4)20-28(30)31(35(38)44)25-14-11-15-26(19-25)39-37(45)40-36-33(43)34(51-21-24-12-9-8-10-13-24)32(42)29(53-36)22-52-55(48,49)50;;;/h8-17,19-20,29,31-36,42-43H,5-7,18,21-23H2,1-4H3,(H2,39,40,44)(H,47,48,49)(H,50,51,52);8-17,19-20,29,31-36,42-44H,5-7,18,21-23H2,1-4H3,(H2,39,40,45)(H,48,49,50);3*1H3/p-3/t29-,31-,32-,33-,34-,35-,36-,38-;29-,31-,32-,33-,34+,35-,36-,38-;;;/m11.../s1. The molecule has 0 aromatic heterocycles. The van der Waals surface area contributed by atoms with Crippen molar-refractivity contribution in [2.75, 3.05) is 73.3 Å². The molecule has 2 saturated heterocycles. The van der Waals surface area contributed by atoms with Crippen LogP contribution in [-0.4, -0.2) is 220 Å². The third kappa shape index (κ3) is 25.1. The van der Waals surface area contributed by atoms with Gasteiger partial charge in [-0.25, -0.2) is 51.7 Å². The molecule has 0 saturated carbocycles. The molecular formula is C76H108N9O27S5-3. The number of nitrogens with one attached hydrogen (secondary N) is 4. The van der Waals surface area contributed by atoms with E-state index < -0.39 is 172 Å². The van der Waals surface area contributed by atoms with E-state index in [1.165, 1.54) is 6.07 Å². The van der Waals surface area contributed by atoms with Crippen LogP contribution in [0.2, 0.25) is 0 Å². The molecule has 10 rings (SSSR count). The van der Waals surface area contributed by atoms with Gasteiger partial charge in [0.1, 0.15) is 48.8 Å². The number of aliphatic hydroxyl groups excluding tert-OH is 5. The number of benzene rings is 6. The zero-order chi connectivity index (χ0) is 83.5. The minimum absolute atomic E-state index is 0. The van der Waals surface area contributed by atoms with Crippen molar-refractivity contribution in [1.82, 2.24) is 29.1 Å². The molecule has 41 heteroatoms. The lowest BCUT2D eigenvalue weighted by Gasteiger charge is -2.44. The van der Waals surface area contributed by atoms with Gasteiger partial charge in [-0.15, -0.1) is 0 Å². The minimum atomic E-state index is -5.55. The number of hydrogen-bond donors (Lipinski definition) is 12. The molecule has 4 heterocycles. The second-order valence-electron chi connectivity index (χ2n) is 29.2. The van der Waals surface area contributed by atoms with Gasteiger partial charge >= 0.3 is 12.1 Å². The van der Waals surface area contributed by atoms with Gasteiger partial charge in [0.05, 0.1) is 59.9 Å². The number of fused-ring (bicyclic) bond motifs is 2. The summed E-state index contributed by atoms with van der Waals surface area (Å²) < 4.78 is 195. The van der Waals surface area contributed by atoms with E-state index >= 15 is 0 Å². The van der Waals surface area contributed by atoms with Crippen LogP contribution >= 0.6 is 0 Å². The molecular weight excluding hydrogens is 1630 g/mol. The highest BCUT2D eigenvalue weighted by molar-refractivity contribution is 7.91. The fourth-order valence-electron chi connectivity index (χ4n) is 15.1. The highest BCUT2D eigenvalue weighted by Gasteiger charge is 2.53. The van der Waals surface area contributed by atoms with Crippen LogP contribution in [0.1, 0.15) is 124 Å². The number of rotatable bonds is 30. The normalized spacial score (nSPS) is 26.6. The van der Waals surface area contributed by atoms with Crippen LogP contribution in [0.5, 0.6) is 0 Å². The number of carbonyl (C=O) groups is 2. The number of ether oxygens (including phenoxy) is 4. The molecule has 6 aromatic carbocycles. The number of anilines is 4. The summed E-state index contributed by atoms with van der Waals surface area (Å²) in [4.78, 5) is 31.0. The van der Waals surface area contributed by atoms with Gasteiger partial charge in [-0.2, -0.15) is 0 Å². The Morgan fingerprint density at radius 2 is 0.880 bits per heavy atom. The molecule has 18 N–H and O–H groups in total. The summed E-state index contributed by atoms with van der Waals surface area (Å²) in [6.45, 7) is 5.29. The average molecular weight is 1740 g/mol. The topological polar surface area (TPSA) is 599 Å². The predicted octanol–water partition coefficient (Wildman–Crippen LogP) is 6.47. The van der Waals surface area contributed by atoms with E-state index in [1.807, 2.05) is 65.7 Å². The lowest BCUT2D eigenvalue weighted by molar-refractivity contribution is -0.246. The summed E-state index contributed by atoms with van der Waals surface area (Å²) >= 11 is 0. The van der Waals surface area contributed by atoms with E-state index in [2.05, 4.69) is 33.8 Å². The molecule has 0 bridgehead atoms. The Bertz CT molecular complexity index is 4880. The lowest BCUT2D eigenvalue weighted by atomic mass is 9.69. The molecule has 4 aliphatic rings. The van der Waals surface area contributed by atoms with E-state index in [0.717, 1.165) is 24.9 Å². The maximum atomic E-state index is 14.1. The van der Waals surface area contributed by atoms with Crippen LogP contribution in [0.15, 0.2) is 155 Å². The van der Waals surface area contributed by atoms with Gasteiger partial charge < -0.3 is 108 Å². The van der Waals surface area contributed by atoms with Gasteiger partial charge in [0, 0.05) is 73.6 Å². The zero-order valence-electron chi connectivity index (χ0n) is 66.1. The zero-order valence-corrected chi connectivity index (χ0v) is 70.2. The molecule has 4 amide bonds. The summed E-state index contributed by atoms with van der Waals surface area (Å²) in [6, 6.07) is 38.4. The van der Waals surface area contributed by atoms with Crippen LogP contribution in [0.4, 0.5) is 32.3 Å². The first kappa shape index (κ1) is 98.3. The van der Waals surface area contributed by atoms with Crippen molar-refractivity contribution in [3.05, 3.63) is 179 Å². The number of nitrogens with zero attached hydrogens (tertiary/aromatic N) is 2. The van der Waals surface area contributed by atoms with Crippen molar-refractivity contribution >= 4 is 85.7 Å². The molecule has 4 aliphatic heterocycles. The van der Waals surface area contributed by atoms with Crippen LogP contribution in [-0.2, 0) is 95.6 Å². The highest BCUT2D eigenvalue weighted by Crippen LogP contribution is 2.52. The van der Waals surface area contributed by atoms with Gasteiger partial charge in [-0.3, -0.25) is 12.5 Å². The van der Waals surface area contributed by atoms with E-state index in [1.54, 1.807) is 140 Å². The van der Waals surface area contributed by atoms with E-state index in [-0.39, 0.29) is 64.3 Å². The summed E-state index contributed by atoms with van der Waals surface area (Å²) in [6.07, 6.45) is -14.8. The number of carbonyl (C=O) groups excluding carboxylic acids is 2. The quantitative estimate of drug-likeness (QED) is 0.0170. The van der Waals surface area contributed by atoms with Gasteiger partial charge in [0.25, 0.3) is 0 Å². The van der Waals surface area contributed by atoms with E-state index in [0.29, 0.717) is 71.2 Å². The van der Waals surface area contributed by atoms with Crippen molar-refractivity contribution in [2.45, 2.75) is 187 Å². The summed E-state index contributed by atoms with van der Waals surface area (Å²) in [5.41, 5.74) is 3.01. The fraction of sp³-hybridized carbons (Fsp3) is 0.500. The smallest absolute Gasteiger partial charge is 0.321 e. The Hall–Kier alpha value is -7.51. The monoisotopic (exact) mass is 1740 g/mol. The second kappa shape index (κ2) is 41.6. The third-order valence-electron chi connectivity index (χ3n) is 21.1. The second-order valence-corrected chi connectivity index (χ2v) is 36.3. The Morgan fingerprint density at radius 3 is 1.26 bits per heavy atom. The number of hydrogen-bond acceptors (Lipinski definition) is 32. The lowest BCUT2D eigenvalue weighted by Crippen LogP contribution is -2.65. The number of urea groups is 2. The van der Waals surface area contributed by atoms with Crippen molar-refractivity contribution < 1.29 is 122 Å². The Kier molecular flexibility index (Phi) is 35.0. The Labute approximate surface area is 683 Å². The Balaban J connectivity index is 0.000000355. The van der Waals surface area contributed by atoms with Crippen molar-refractivity contribution in [3.63, 3.8) is 0 Å². The molecule has 0 spiro atoms. The third-order valence-corrected chi connectivity index (χ3v) is 26.4. The molecule has 36 nitrogen and oxygen atoms in total. The number of sulfone groups is 2. The SMILES string of the molecule is CCCC[C@]1(CC)CS(=O)(=O)c2ccc(N(C)C)cc2[C@@H](c2cccc(NC(=O)N[C@@H]3O[C@H](COS(=O)(=O)[O-])[C@@H](O)[C@H](OCc4ccccc4)[C@H]3O)c2)[C@H]1O.CCCC[C@]1(CC)CS(=O)(=O)c2ccc(N(C)C)cc2[C@@H](c2cccc(NC(=O)N[C@@H]3O[C@H](COS(=O)(=O)[O-])[C@@H](OS(=O)(=O)[O-])[C@H](OCc4ccccc4)[C@H]3O)c2)[C@H]1O.N.N.N.